The number of carbonyl (C=O) groups is 2. The number of para-hydroxylation sites is 1. The first-order chi connectivity index (χ1) is 14.5. The lowest BCUT2D eigenvalue weighted by Crippen LogP contribution is -2.41. The molecule has 1 aliphatic rings. The van der Waals surface area contributed by atoms with Gasteiger partial charge in [-0.2, -0.15) is 0 Å². The van der Waals surface area contributed by atoms with Crippen LogP contribution in [0.3, 0.4) is 0 Å². The van der Waals surface area contributed by atoms with Crippen LogP contribution in [0.2, 0.25) is 5.02 Å². The Labute approximate surface area is 186 Å². The van der Waals surface area contributed by atoms with Crippen molar-refractivity contribution in [2.45, 2.75) is 63.7 Å². The zero-order valence-electron chi connectivity index (χ0n) is 17.4. The zero-order valence-corrected chi connectivity index (χ0v) is 18.9. The van der Waals surface area contributed by atoms with Gasteiger partial charge < -0.3 is 15.2 Å². The molecule has 0 spiro atoms. The molecule has 2 aromatic rings. The molecule has 0 aliphatic heterocycles. The van der Waals surface area contributed by atoms with E-state index in [2.05, 4.69) is 27.8 Å². The lowest BCUT2D eigenvalue weighted by atomic mass is 9.86. The summed E-state index contributed by atoms with van der Waals surface area (Å²) in [6, 6.07) is 7.35. The second-order valence-electron chi connectivity index (χ2n) is 7.57. The molecule has 7 nitrogen and oxygen atoms in total. The molecule has 0 bridgehead atoms. The van der Waals surface area contributed by atoms with E-state index in [1.807, 2.05) is 17.6 Å². The molecule has 2 amide bonds. The van der Waals surface area contributed by atoms with Gasteiger partial charge in [0, 0.05) is 12.6 Å². The van der Waals surface area contributed by atoms with Gasteiger partial charge in [0.2, 0.25) is 11.8 Å². The standard InChI is InChI=1S/C21H28ClN5O2S/c1-3-27-18(12-19(28)24-17-11-7-5-9-15(17)22)25-26-21(27)30-13-20(29)23-16-10-6-4-8-14(16)2/h5,7,9,11,14,16H,3-4,6,8,10,12-13H2,1-2H3,(H,23,29)(H,24,28)/t14-,16-/m0/s1. The first kappa shape index (κ1) is 22.6. The summed E-state index contributed by atoms with van der Waals surface area (Å²) < 4.78 is 1.87. The highest BCUT2D eigenvalue weighted by Crippen LogP contribution is 2.24. The second-order valence-corrected chi connectivity index (χ2v) is 8.92. The fourth-order valence-corrected chi connectivity index (χ4v) is 4.70. The van der Waals surface area contributed by atoms with Crippen LogP contribution in [0.5, 0.6) is 0 Å². The first-order valence-corrected chi connectivity index (χ1v) is 11.7. The Kier molecular flexibility index (Phi) is 8.16. The fraction of sp³-hybridized carbons (Fsp3) is 0.524. The van der Waals surface area contributed by atoms with E-state index in [-0.39, 0.29) is 30.0 Å². The molecule has 9 heteroatoms. The van der Waals surface area contributed by atoms with Gasteiger partial charge in [0.05, 0.1) is 22.9 Å². The number of aromatic nitrogens is 3. The largest absolute Gasteiger partial charge is 0.352 e. The Morgan fingerprint density at radius 1 is 1.20 bits per heavy atom. The number of rotatable bonds is 8. The van der Waals surface area contributed by atoms with Crippen LogP contribution in [0, 0.1) is 5.92 Å². The third-order valence-electron chi connectivity index (χ3n) is 5.37. The van der Waals surface area contributed by atoms with Gasteiger partial charge in [0.25, 0.3) is 0 Å². The molecular formula is C21H28ClN5O2S. The van der Waals surface area contributed by atoms with Crippen LogP contribution in [0.15, 0.2) is 29.4 Å². The minimum atomic E-state index is -0.217. The maximum absolute atomic E-state index is 12.4. The topological polar surface area (TPSA) is 88.9 Å². The number of halogens is 1. The first-order valence-electron chi connectivity index (χ1n) is 10.4. The van der Waals surface area contributed by atoms with E-state index in [1.54, 1.807) is 18.2 Å². The molecule has 162 valence electrons. The van der Waals surface area contributed by atoms with E-state index < -0.39 is 0 Å². The number of nitrogens with zero attached hydrogens (tertiary/aromatic N) is 3. The van der Waals surface area contributed by atoms with Crippen molar-refractivity contribution in [1.82, 2.24) is 20.1 Å². The molecule has 1 heterocycles. The predicted octanol–water partition coefficient (Wildman–Crippen LogP) is 3.92. The van der Waals surface area contributed by atoms with Crippen LogP contribution in [0.25, 0.3) is 0 Å². The van der Waals surface area contributed by atoms with Crippen LogP contribution in [-0.4, -0.2) is 38.4 Å². The number of thioether (sulfide) groups is 1. The number of benzene rings is 1. The van der Waals surface area contributed by atoms with Crippen molar-refractivity contribution in [1.29, 1.82) is 0 Å². The summed E-state index contributed by atoms with van der Waals surface area (Å²) in [5.41, 5.74) is 0.565. The Hall–Kier alpha value is -2.06. The van der Waals surface area contributed by atoms with Crippen molar-refractivity contribution in [3.63, 3.8) is 0 Å². The molecule has 3 rings (SSSR count). The average Bonchev–Trinajstić information content (AvgIpc) is 3.11. The van der Waals surface area contributed by atoms with E-state index in [0.29, 0.717) is 34.2 Å². The highest BCUT2D eigenvalue weighted by atomic mass is 35.5. The van der Waals surface area contributed by atoms with Gasteiger partial charge >= 0.3 is 0 Å². The lowest BCUT2D eigenvalue weighted by Gasteiger charge is -2.29. The molecule has 30 heavy (non-hydrogen) atoms. The molecule has 1 fully saturated rings. The summed E-state index contributed by atoms with van der Waals surface area (Å²) in [7, 11) is 0. The fourth-order valence-electron chi connectivity index (χ4n) is 3.68. The predicted molar refractivity (Wildman–Crippen MR) is 120 cm³/mol. The quantitative estimate of drug-likeness (QED) is 0.596. The maximum Gasteiger partial charge on any atom is 0.232 e. The number of nitrogens with one attached hydrogen (secondary N) is 2. The minimum absolute atomic E-state index is 0.0161. The number of hydrogen-bond acceptors (Lipinski definition) is 5. The van der Waals surface area contributed by atoms with Crippen molar-refractivity contribution in [3.05, 3.63) is 35.1 Å². The molecule has 2 N–H and O–H groups in total. The number of amides is 2. The molecular weight excluding hydrogens is 422 g/mol. The van der Waals surface area contributed by atoms with E-state index in [1.165, 1.54) is 31.0 Å². The van der Waals surface area contributed by atoms with E-state index in [0.717, 1.165) is 6.42 Å². The smallest absolute Gasteiger partial charge is 0.232 e. The summed E-state index contributed by atoms with van der Waals surface area (Å²) in [6.07, 6.45) is 4.72. The second kappa shape index (κ2) is 10.8. The monoisotopic (exact) mass is 449 g/mol. The normalized spacial score (nSPS) is 18.8. The third-order valence-corrected chi connectivity index (χ3v) is 6.66. The lowest BCUT2D eigenvalue weighted by molar-refractivity contribution is -0.120. The molecule has 1 aliphatic carbocycles. The molecule has 2 atom stereocenters. The zero-order chi connectivity index (χ0) is 21.5. The number of carbonyl (C=O) groups excluding carboxylic acids is 2. The van der Waals surface area contributed by atoms with Crippen molar-refractivity contribution < 1.29 is 9.59 Å². The van der Waals surface area contributed by atoms with Crippen LogP contribution in [-0.2, 0) is 22.6 Å². The van der Waals surface area contributed by atoms with E-state index in [9.17, 15) is 9.59 Å². The number of anilines is 1. The Morgan fingerprint density at radius 2 is 1.97 bits per heavy atom. The SMILES string of the molecule is CCn1c(CC(=O)Nc2ccccc2Cl)nnc1SCC(=O)N[C@H]1CCCC[C@@H]1C. The maximum atomic E-state index is 12.4. The molecule has 0 unspecified atom stereocenters. The van der Waals surface area contributed by atoms with Gasteiger partial charge in [-0.1, -0.05) is 55.3 Å². The van der Waals surface area contributed by atoms with Gasteiger partial charge in [0.15, 0.2) is 5.16 Å². The summed E-state index contributed by atoms with van der Waals surface area (Å²) in [4.78, 5) is 24.8. The van der Waals surface area contributed by atoms with Crippen molar-refractivity contribution in [2.75, 3.05) is 11.1 Å². The Bertz CT molecular complexity index is 888. The van der Waals surface area contributed by atoms with Gasteiger partial charge in [-0.3, -0.25) is 9.59 Å². The number of hydrogen-bond donors (Lipinski definition) is 2. The van der Waals surface area contributed by atoms with Gasteiger partial charge in [-0.25, -0.2) is 0 Å². The summed E-state index contributed by atoms with van der Waals surface area (Å²) in [6.45, 7) is 4.78. The van der Waals surface area contributed by atoms with Crippen LogP contribution in [0.1, 0.15) is 45.4 Å². The minimum Gasteiger partial charge on any atom is -0.352 e. The average molecular weight is 450 g/mol. The molecule has 1 saturated carbocycles. The van der Waals surface area contributed by atoms with Gasteiger partial charge in [-0.15, -0.1) is 10.2 Å². The summed E-state index contributed by atoms with van der Waals surface area (Å²) in [5.74, 6) is 1.17. The highest BCUT2D eigenvalue weighted by molar-refractivity contribution is 7.99. The van der Waals surface area contributed by atoms with Crippen LogP contribution < -0.4 is 10.6 Å². The van der Waals surface area contributed by atoms with Gasteiger partial charge in [0.1, 0.15) is 5.82 Å². The third kappa shape index (κ3) is 5.98. The summed E-state index contributed by atoms with van der Waals surface area (Å²) >= 11 is 7.44. The Morgan fingerprint density at radius 3 is 2.70 bits per heavy atom. The van der Waals surface area contributed by atoms with Crippen molar-refractivity contribution in [2.24, 2.45) is 5.92 Å². The summed E-state index contributed by atoms with van der Waals surface area (Å²) in [5, 5.41) is 15.4. The molecule has 1 aromatic carbocycles. The molecule has 1 aromatic heterocycles. The van der Waals surface area contributed by atoms with E-state index in [4.69, 9.17) is 11.6 Å². The van der Waals surface area contributed by atoms with Gasteiger partial charge in [-0.05, 0) is 37.8 Å². The van der Waals surface area contributed by atoms with Crippen LogP contribution >= 0.6 is 23.4 Å². The van der Waals surface area contributed by atoms with Crippen molar-refractivity contribution in [3.8, 4) is 0 Å². The van der Waals surface area contributed by atoms with Crippen molar-refractivity contribution >= 4 is 40.9 Å². The highest BCUT2D eigenvalue weighted by Gasteiger charge is 2.23. The molecule has 0 radical (unpaired) electrons. The molecule has 0 saturated heterocycles. The van der Waals surface area contributed by atoms with Crippen LogP contribution in [0.4, 0.5) is 5.69 Å². The Balaban J connectivity index is 1.55. The van der Waals surface area contributed by atoms with E-state index >= 15 is 0 Å².